The molecule has 0 amide bonds. The van der Waals surface area contributed by atoms with E-state index in [4.69, 9.17) is 14.2 Å². The number of fused-ring (bicyclic) bond motifs is 1. The van der Waals surface area contributed by atoms with Crippen LogP contribution in [0.15, 0.2) is 18.2 Å². The van der Waals surface area contributed by atoms with Gasteiger partial charge in [-0.2, -0.15) is 0 Å². The molecule has 5 heteroatoms. The topological polar surface area (TPSA) is 60.0 Å². The quantitative estimate of drug-likeness (QED) is 0.852. The summed E-state index contributed by atoms with van der Waals surface area (Å²) in [7, 11) is 0. The summed E-state index contributed by atoms with van der Waals surface area (Å²) in [6.45, 7) is 3.96. The van der Waals surface area contributed by atoms with Crippen LogP contribution in [-0.4, -0.2) is 36.8 Å². The van der Waals surface area contributed by atoms with Crippen molar-refractivity contribution in [2.24, 2.45) is 0 Å². The van der Waals surface area contributed by atoms with Gasteiger partial charge in [-0.15, -0.1) is 0 Å². The highest BCUT2D eigenvalue weighted by molar-refractivity contribution is 5.48. The number of para-hydroxylation sites is 1. The van der Waals surface area contributed by atoms with Crippen LogP contribution in [0.5, 0.6) is 11.5 Å². The Morgan fingerprint density at radius 1 is 1.42 bits per heavy atom. The van der Waals surface area contributed by atoms with Crippen molar-refractivity contribution in [3.8, 4) is 11.5 Å². The van der Waals surface area contributed by atoms with Crippen molar-refractivity contribution in [2.75, 3.05) is 19.9 Å². The lowest BCUT2D eigenvalue weighted by Crippen LogP contribution is -2.45. The maximum Gasteiger partial charge on any atom is 0.231 e. The summed E-state index contributed by atoms with van der Waals surface area (Å²) < 4.78 is 16.2. The summed E-state index contributed by atoms with van der Waals surface area (Å²) in [5, 5.41) is 13.7. The third-order valence-corrected chi connectivity index (χ3v) is 3.88. The Balaban J connectivity index is 1.60. The Kier molecular flexibility index (Phi) is 3.35. The Bertz CT molecular complexity index is 465. The highest BCUT2D eigenvalue weighted by Crippen LogP contribution is 2.35. The minimum atomic E-state index is -0.769. The number of hydrogen-bond acceptors (Lipinski definition) is 5. The van der Waals surface area contributed by atoms with Crippen molar-refractivity contribution in [3.05, 3.63) is 23.8 Å². The molecule has 1 fully saturated rings. The molecule has 0 aromatic heterocycles. The number of ether oxygens (including phenoxy) is 3. The Morgan fingerprint density at radius 3 is 3.11 bits per heavy atom. The molecule has 5 nitrogen and oxygen atoms in total. The summed E-state index contributed by atoms with van der Waals surface area (Å²) >= 11 is 0. The first-order valence-corrected chi connectivity index (χ1v) is 6.61. The largest absolute Gasteiger partial charge is 0.454 e. The van der Waals surface area contributed by atoms with E-state index in [2.05, 4.69) is 5.32 Å². The van der Waals surface area contributed by atoms with Crippen molar-refractivity contribution >= 4 is 0 Å². The summed E-state index contributed by atoms with van der Waals surface area (Å²) in [6, 6.07) is 5.84. The molecule has 2 unspecified atom stereocenters. The number of aliphatic hydroxyl groups is 1. The van der Waals surface area contributed by atoms with Gasteiger partial charge in [-0.25, -0.2) is 0 Å². The number of rotatable bonds is 4. The van der Waals surface area contributed by atoms with Crippen molar-refractivity contribution in [1.29, 1.82) is 0 Å². The second-order valence-electron chi connectivity index (χ2n) is 5.12. The van der Waals surface area contributed by atoms with Gasteiger partial charge in [0.05, 0.1) is 6.10 Å². The first-order valence-electron chi connectivity index (χ1n) is 6.61. The Hall–Kier alpha value is -1.30. The predicted molar refractivity (Wildman–Crippen MR) is 69.3 cm³/mol. The van der Waals surface area contributed by atoms with Gasteiger partial charge in [0.15, 0.2) is 11.5 Å². The molecule has 0 spiro atoms. The van der Waals surface area contributed by atoms with Gasteiger partial charge in [0.25, 0.3) is 0 Å². The van der Waals surface area contributed by atoms with Crippen LogP contribution in [0.1, 0.15) is 18.9 Å². The van der Waals surface area contributed by atoms with E-state index in [1.165, 1.54) is 0 Å². The monoisotopic (exact) mass is 265 g/mol. The molecule has 1 aromatic rings. The van der Waals surface area contributed by atoms with Crippen LogP contribution in [0, 0.1) is 0 Å². The van der Waals surface area contributed by atoms with Crippen LogP contribution in [0.3, 0.4) is 0 Å². The van der Waals surface area contributed by atoms with Gasteiger partial charge in [-0.05, 0) is 13.0 Å². The molecule has 0 aliphatic carbocycles. The predicted octanol–water partition coefficient (Wildman–Crippen LogP) is 1.04. The zero-order valence-electron chi connectivity index (χ0n) is 11.0. The van der Waals surface area contributed by atoms with Crippen LogP contribution < -0.4 is 14.8 Å². The Morgan fingerprint density at radius 2 is 2.32 bits per heavy atom. The van der Waals surface area contributed by atoms with E-state index in [0.717, 1.165) is 17.1 Å². The van der Waals surface area contributed by atoms with Crippen LogP contribution >= 0.6 is 0 Å². The van der Waals surface area contributed by atoms with Gasteiger partial charge in [0.1, 0.15) is 5.60 Å². The number of nitrogens with one attached hydrogen (secondary N) is 1. The fourth-order valence-corrected chi connectivity index (χ4v) is 2.55. The molecule has 1 saturated heterocycles. The first-order chi connectivity index (χ1) is 9.19. The van der Waals surface area contributed by atoms with E-state index in [0.29, 0.717) is 26.1 Å². The third kappa shape index (κ3) is 2.41. The average Bonchev–Trinajstić information content (AvgIpc) is 2.98. The number of benzene rings is 1. The van der Waals surface area contributed by atoms with Gasteiger partial charge in [0, 0.05) is 31.7 Å². The molecule has 19 heavy (non-hydrogen) atoms. The fourth-order valence-electron chi connectivity index (χ4n) is 2.55. The molecule has 0 radical (unpaired) electrons. The van der Waals surface area contributed by atoms with Crippen LogP contribution in [0.2, 0.25) is 0 Å². The first kappa shape index (κ1) is 12.7. The molecule has 104 valence electrons. The van der Waals surface area contributed by atoms with Crippen LogP contribution in [0.25, 0.3) is 0 Å². The minimum Gasteiger partial charge on any atom is -0.454 e. The molecule has 2 N–H and O–H groups in total. The molecule has 1 aromatic carbocycles. The molecular weight excluding hydrogens is 246 g/mol. The van der Waals surface area contributed by atoms with Gasteiger partial charge >= 0.3 is 0 Å². The van der Waals surface area contributed by atoms with Crippen molar-refractivity contribution in [2.45, 2.75) is 31.6 Å². The van der Waals surface area contributed by atoms with Crippen molar-refractivity contribution in [3.63, 3.8) is 0 Å². The lowest BCUT2D eigenvalue weighted by atomic mass is 9.96. The van der Waals surface area contributed by atoms with Crippen LogP contribution in [0.4, 0.5) is 0 Å². The van der Waals surface area contributed by atoms with E-state index in [1.807, 2.05) is 25.1 Å². The van der Waals surface area contributed by atoms with Gasteiger partial charge in [-0.3, -0.25) is 0 Å². The van der Waals surface area contributed by atoms with E-state index in [-0.39, 0.29) is 12.9 Å². The molecular formula is C14H19NO4. The molecule has 2 aliphatic rings. The third-order valence-electron chi connectivity index (χ3n) is 3.88. The molecule has 0 saturated carbocycles. The highest BCUT2D eigenvalue weighted by Gasteiger charge is 2.39. The lowest BCUT2D eigenvalue weighted by molar-refractivity contribution is -0.0263. The Labute approximate surface area is 112 Å². The standard InChI is InChI=1S/C14H19NO4/c1-10-14(16,5-6-17-10)8-15-7-11-3-2-4-12-13(11)19-9-18-12/h2-4,10,15-16H,5-9H2,1H3. The van der Waals surface area contributed by atoms with E-state index < -0.39 is 5.60 Å². The van der Waals surface area contributed by atoms with Gasteiger partial charge < -0.3 is 24.6 Å². The molecule has 2 atom stereocenters. The maximum absolute atomic E-state index is 10.4. The molecule has 3 rings (SSSR count). The lowest BCUT2D eigenvalue weighted by Gasteiger charge is -2.26. The van der Waals surface area contributed by atoms with Crippen molar-refractivity contribution < 1.29 is 19.3 Å². The highest BCUT2D eigenvalue weighted by atomic mass is 16.7. The second kappa shape index (κ2) is 5.00. The summed E-state index contributed by atoms with van der Waals surface area (Å²) in [6.07, 6.45) is 0.550. The van der Waals surface area contributed by atoms with E-state index in [1.54, 1.807) is 0 Å². The SMILES string of the molecule is CC1OCCC1(O)CNCc1cccc2c1OCO2. The minimum absolute atomic E-state index is 0.124. The molecule has 2 heterocycles. The molecule has 2 aliphatic heterocycles. The zero-order chi connectivity index (χ0) is 13.3. The normalized spacial score (nSPS) is 28.8. The molecule has 0 bridgehead atoms. The van der Waals surface area contributed by atoms with E-state index >= 15 is 0 Å². The van der Waals surface area contributed by atoms with E-state index in [9.17, 15) is 5.11 Å². The van der Waals surface area contributed by atoms with Crippen LogP contribution in [-0.2, 0) is 11.3 Å². The van der Waals surface area contributed by atoms with Gasteiger partial charge in [-0.1, -0.05) is 12.1 Å². The average molecular weight is 265 g/mol. The van der Waals surface area contributed by atoms with Crippen molar-refractivity contribution in [1.82, 2.24) is 5.32 Å². The smallest absolute Gasteiger partial charge is 0.231 e. The second-order valence-corrected chi connectivity index (χ2v) is 5.12. The summed E-state index contributed by atoms with van der Waals surface area (Å²) in [5.41, 5.74) is 0.278. The summed E-state index contributed by atoms with van der Waals surface area (Å²) in [5.74, 6) is 1.59. The summed E-state index contributed by atoms with van der Waals surface area (Å²) in [4.78, 5) is 0. The maximum atomic E-state index is 10.4. The zero-order valence-corrected chi connectivity index (χ0v) is 11.0. The van der Waals surface area contributed by atoms with Gasteiger partial charge in [0.2, 0.25) is 6.79 Å². The fraction of sp³-hybridized carbons (Fsp3) is 0.571. The number of hydrogen-bond donors (Lipinski definition) is 2.